The average molecular weight is 175 g/mol. The zero-order chi connectivity index (χ0) is 9.68. The molecule has 2 rings (SSSR count). The monoisotopic (exact) mass is 175 g/mol. The van der Waals surface area contributed by atoms with Gasteiger partial charge in [0.15, 0.2) is 6.61 Å². The number of fused-ring (bicyclic) bond motifs is 1. The topological polar surface area (TPSA) is 50.1 Å². The Morgan fingerprint density at radius 2 is 2.15 bits per heavy atom. The Morgan fingerprint density at radius 1 is 1.54 bits per heavy atom. The second kappa shape index (κ2) is 4.27. The fourth-order valence-electron chi connectivity index (χ4n) is 0.809. The number of benzene rings is 1. The largest absolute Gasteiger partial charge is 0.450 e. The van der Waals surface area contributed by atoms with Crippen molar-refractivity contribution < 1.29 is 9.53 Å². The first-order valence-corrected chi connectivity index (χ1v) is 3.85. The first kappa shape index (κ1) is 9.27. The van der Waals surface area contributed by atoms with E-state index in [1.54, 1.807) is 6.07 Å². The van der Waals surface area contributed by atoms with E-state index in [0.29, 0.717) is 0 Å². The van der Waals surface area contributed by atoms with Crippen molar-refractivity contribution in [3.05, 3.63) is 24.3 Å². The molecule has 0 amide bonds. The van der Waals surface area contributed by atoms with Crippen LogP contribution < -0.4 is 0 Å². The van der Waals surface area contributed by atoms with Crippen LogP contribution in [-0.4, -0.2) is 12.6 Å². The maximum Gasteiger partial charge on any atom is 0.303 e. The minimum Gasteiger partial charge on any atom is -0.450 e. The van der Waals surface area contributed by atoms with Gasteiger partial charge in [0.1, 0.15) is 6.07 Å². The van der Waals surface area contributed by atoms with Crippen LogP contribution >= 0.6 is 0 Å². The maximum atomic E-state index is 9.83. The van der Waals surface area contributed by atoms with E-state index in [-0.39, 0.29) is 6.61 Å². The van der Waals surface area contributed by atoms with E-state index in [2.05, 4.69) is 29.0 Å². The van der Waals surface area contributed by atoms with Crippen molar-refractivity contribution in [2.24, 2.45) is 0 Å². The number of nitriles is 1. The van der Waals surface area contributed by atoms with E-state index in [4.69, 9.17) is 5.26 Å². The van der Waals surface area contributed by atoms with Gasteiger partial charge in [0.05, 0.1) is 0 Å². The molecule has 2 aliphatic rings. The van der Waals surface area contributed by atoms with E-state index >= 15 is 0 Å². The van der Waals surface area contributed by atoms with Gasteiger partial charge < -0.3 is 4.74 Å². The molecule has 0 aromatic rings. The summed E-state index contributed by atoms with van der Waals surface area (Å²) in [7, 11) is 0. The number of carbonyl (C=O) groups excluding carboxylic acids is 1. The van der Waals surface area contributed by atoms with E-state index in [9.17, 15) is 4.79 Å². The molecule has 0 saturated heterocycles. The van der Waals surface area contributed by atoms with Crippen LogP contribution in [0.25, 0.3) is 11.1 Å². The van der Waals surface area contributed by atoms with Gasteiger partial charge in [0, 0.05) is 6.92 Å². The third kappa shape index (κ3) is 3.39. The van der Waals surface area contributed by atoms with Crippen molar-refractivity contribution in [1.29, 1.82) is 5.26 Å². The molecule has 0 unspecified atom stereocenters. The highest BCUT2D eigenvalue weighted by Gasteiger charge is 2.06. The lowest BCUT2D eigenvalue weighted by atomic mass is 10.6. The molecule has 66 valence electrons. The molecule has 0 aliphatic heterocycles. The minimum atomic E-state index is -0.415. The Bertz CT molecular complexity index is 335. The lowest BCUT2D eigenvalue weighted by molar-refractivity contribution is -0.139. The van der Waals surface area contributed by atoms with Crippen molar-refractivity contribution in [3.63, 3.8) is 0 Å². The van der Waals surface area contributed by atoms with Crippen molar-refractivity contribution in [2.75, 3.05) is 6.61 Å². The smallest absolute Gasteiger partial charge is 0.303 e. The van der Waals surface area contributed by atoms with Gasteiger partial charge in [-0.3, -0.25) is 4.79 Å². The zero-order valence-electron chi connectivity index (χ0n) is 7.28. The van der Waals surface area contributed by atoms with Gasteiger partial charge in [-0.15, -0.1) is 0 Å². The fourth-order valence-corrected chi connectivity index (χ4v) is 0.809. The summed E-state index contributed by atoms with van der Waals surface area (Å²) in [6, 6.07) is 10.1. The van der Waals surface area contributed by atoms with Crippen LogP contribution in [0, 0.1) is 11.3 Å². The highest BCUT2D eigenvalue weighted by Crippen LogP contribution is 2.32. The molecule has 0 bridgehead atoms. The summed E-state index contributed by atoms with van der Waals surface area (Å²) in [5.41, 5.74) is 2.85. The third-order valence-corrected chi connectivity index (χ3v) is 1.45. The Labute approximate surface area is 76.6 Å². The molecular weight excluding hydrogens is 166 g/mol. The molecule has 0 spiro atoms. The van der Waals surface area contributed by atoms with Gasteiger partial charge in [-0.2, -0.15) is 5.26 Å². The molecule has 3 heteroatoms. The third-order valence-electron chi connectivity index (χ3n) is 1.45. The lowest BCUT2D eigenvalue weighted by Gasteiger charge is -1.87. The molecule has 0 saturated carbocycles. The summed E-state index contributed by atoms with van der Waals surface area (Å²) >= 11 is 0. The van der Waals surface area contributed by atoms with Crippen LogP contribution in [0.5, 0.6) is 0 Å². The quantitative estimate of drug-likeness (QED) is 0.620. The van der Waals surface area contributed by atoms with Crippen LogP contribution in [0.1, 0.15) is 6.92 Å². The average Bonchev–Trinajstić information content (AvgIpc) is 2.72. The van der Waals surface area contributed by atoms with Crippen LogP contribution in [0.2, 0.25) is 0 Å². The number of hydrogen-bond acceptors (Lipinski definition) is 3. The van der Waals surface area contributed by atoms with Gasteiger partial charge in [0.2, 0.25) is 0 Å². The molecule has 0 atom stereocenters. The van der Waals surface area contributed by atoms with E-state index in [1.165, 1.54) is 18.1 Å². The van der Waals surface area contributed by atoms with E-state index in [1.807, 2.05) is 0 Å². The van der Waals surface area contributed by atoms with E-state index in [0.717, 1.165) is 0 Å². The number of carbonyl (C=O) groups is 1. The number of hydrogen-bond donors (Lipinski definition) is 0. The second-order valence-corrected chi connectivity index (χ2v) is 2.52. The highest BCUT2D eigenvalue weighted by molar-refractivity contribution is 5.80. The molecule has 2 aliphatic carbocycles. The molecule has 0 radical (unpaired) electrons. The van der Waals surface area contributed by atoms with Crippen molar-refractivity contribution in [2.45, 2.75) is 6.92 Å². The Hall–Kier alpha value is -1.82. The van der Waals surface area contributed by atoms with Gasteiger partial charge in [0.25, 0.3) is 0 Å². The Morgan fingerprint density at radius 3 is 2.31 bits per heavy atom. The van der Waals surface area contributed by atoms with Crippen molar-refractivity contribution in [1.82, 2.24) is 0 Å². The number of esters is 1. The first-order valence-electron chi connectivity index (χ1n) is 3.85. The van der Waals surface area contributed by atoms with Crippen molar-refractivity contribution >= 4 is 5.97 Å². The predicted molar refractivity (Wildman–Crippen MR) is 47.7 cm³/mol. The highest BCUT2D eigenvalue weighted by atomic mass is 16.5. The Kier molecular flexibility index (Phi) is 3.04. The predicted octanol–water partition coefficient (Wildman–Crippen LogP) is 1.74. The molecule has 0 N–H and O–H groups in total. The zero-order valence-corrected chi connectivity index (χ0v) is 7.28. The molecular formula is C10H9NO2. The fraction of sp³-hybridized carbons (Fsp3) is 0.200. The van der Waals surface area contributed by atoms with Gasteiger partial charge in [-0.05, 0) is 17.2 Å². The Balaban J connectivity index is 0.000000130. The van der Waals surface area contributed by atoms with E-state index < -0.39 is 5.97 Å². The lowest BCUT2D eigenvalue weighted by Crippen LogP contribution is -1.96. The molecule has 0 aromatic carbocycles. The van der Waals surface area contributed by atoms with Crippen LogP contribution in [-0.2, 0) is 9.53 Å². The number of ether oxygens (including phenoxy) is 1. The van der Waals surface area contributed by atoms with Gasteiger partial charge in [-0.1, -0.05) is 18.2 Å². The molecule has 13 heavy (non-hydrogen) atoms. The summed E-state index contributed by atoms with van der Waals surface area (Å²) in [5.74, 6) is -0.415. The summed E-state index contributed by atoms with van der Waals surface area (Å²) in [6.07, 6.45) is 0. The van der Waals surface area contributed by atoms with Crippen molar-refractivity contribution in [3.8, 4) is 17.2 Å². The molecule has 0 fully saturated rings. The summed E-state index contributed by atoms with van der Waals surface area (Å²) < 4.78 is 4.19. The minimum absolute atomic E-state index is 0.144. The van der Waals surface area contributed by atoms with Gasteiger partial charge >= 0.3 is 5.97 Å². The SMILES string of the molecule is CC(=O)OCC#N.c1cc2cc-2c1. The molecule has 3 nitrogen and oxygen atoms in total. The normalized spacial score (nSPS) is 8.92. The first-order chi connectivity index (χ1) is 6.24. The standard InChI is InChI=1S/C6H4.C4H5NO2/c1-2-5-4-6(5)3-1;1-4(6)7-3-2-5/h1-4H;3H2,1H3. The summed E-state index contributed by atoms with van der Waals surface area (Å²) in [4.78, 5) is 9.83. The van der Waals surface area contributed by atoms with Crippen LogP contribution in [0.4, 0.5) is 0 Å². The van der Waals surface area contributed by atoms with Gasteiger partial charge in [-0.25, -0.2) is 0 Å². The maximum absolute atomic E-state index is 9.83. The number of rotatable bonds is 1. The van der Waals surface area contributed by atoms with Crippen LogP contribution in [0.3, 0.4) is 0 Å². The summed E-state index contributed by atoms with van der Waals surface area (Å²) in [5, 5.41) is 7.79. The molecule has 0 aromatic heterocycles. The molecule has 0 heterocycles. The number of nitrogens with zero attached hydrogens (tertiary/aromatic N) is 1. The summed E-state index contributed by atoms with van der Waals surface area (Å²) in [6.45, 7) is 1.12. The van der Waals surface area contributed by atoms with Crippen LogP contribution in [0.15, 0.2) is 24.3 Å². The second-order valence-electron chi connectivity index (χ2n) is 2.52.